The maximum absolute atomic E-state index is 12.6. The van der Waals surface area contributed by atoms with Crippen molar-refractivity contribution in [2.24, 2.45) is 0 Å². The molecule has 0 saturated heterocycles. The summed E-state index contributed by atoms with van der Waals surface area (Å²) in [6.07, 6.45) is 1.26. The quantitative estimate of drug-likeness (QED) is 0.866. The lowest BCUT2D eigenvalue weighted by molar-refractivity contribution is 0.102. The van der Waals surface area contributed by atoms with Gasteiger partial charge in [-0.1, -0.05) is 18.3 Å². The van der Waals surface area contributed by atoms with Gasteiger partial charge >= 0.3 is 0 Å². The van der Waals surface area contributed by atoms with Crippen LogP contribution >= 0.6 is 11.5 Å². The van der Waals surface area contributed by atoms with Crippen molar-refractivity contribution in [2.75, 3.05) is 5.32 Å². The zero-order valence-electron chi connectivity index (χ0n) is 9.85. The molecule has 2 aromatic rings. The van der Waals surface area contributed by atoms with Crippen LogP contribution in [0.1, 0.15) is 35.1 Å². The molecule has 0 bridgehead atoms. The summed E-state index contributed by atoms with van der Waals surface area (Å²) in [6.45, 7) is 3.87. The largest absolute Gasteiger partial charge is 0.320 e. The average Bonchev–Trinajstić information content (AvgIpc) is 2.81. The van der Waals surface area contributed by atoms with E-state index in [1.165, 1.54) is 18.3 Å². The van der Waals surface area contributed by atoms with Crippen LogP contribution < -0.4 is 5.32 Å². The van der Waals surface area contributed by atoms with E-state index < -0.39 is 5.95 Å². The SMILES string of the molecule is CC(C)c1nnsc1C(=O)Nc1ccc(F)nc1. The maximum Gasteiger partial charge on any atom is 0.269 e. The summed E-state index contributed by atoms with van der Waals surface area (Å²) in [5, 5.41) is 6.55. The van der Waals surface area contributed by atoms with Gasteiger partial charge in [0.05, 0.1) is 17.6 Å². The fourth-order valence-electron chi connectivity index (χ4n) is 1.37. The van der Waals surface area contributed by atoms with E-state index in [0.717, 1.165) is 11.5 Å². The molecule has 0 fully saturated rings. The molecule has 1 N–H and O–H groups in total. The van der Waals surface area contributed by atoms with E-state index in [0.29, 0.717) is 16.3 Å². The first-order chi connectivity index (χ1) is 8.58. The monoisotopic (exact) mass is 266 g/mol. The van der Waals surface area contributed by atoms with Crippen molar-refractivity contribution in [1.82, 2.24) is 14.6 Å². The molecular weight excluding hydrogens is 255 g/mol. The lowest BCUT2D eigenvalue weighted by Crippen LogP contribution is -2.13. The summed E-state index contributed by atoms with van der Waals surface area (Å²) in [6, 6.07) is 2.63. The molecule has 0 unspecified atom stereocenters. The number of anilines is 1. The Morgan fingerprint density at radius 3 is 2.83 bits per heavy atom. The number of halogens is 1. The highest BCUT2D eigenvalue weighted by Crippen LogP contribution is 2.20. The molecule has 0 aliphatic heterocycles. The number of hydrogen-bond acceptors (Lipinski definition) is 5. The van der Waals surface area contributed by atoms with Crippen molar-refractivity contribution < 1.29 is 9.18 Å². The second-order valence-corrected chi connectivity index (χ2v) is 4.72. The highest BCUT2D eigenvalue weighted by atomic mass is 32.1. The first-order valence-electron chi connectivity index (χ1n) is 5.33. The Morgan fingerprint density at radius 1 is 1.44 bits per heavy atom. The van der Waals surface area contributed by atoms with Crippen LogP contribution in [0.4, 0.5) is 10.1 Å². The Hall–Kier alpha value is -1.89. The van der Waals surface area contributed by atoms with Crippen LogP contribution in [0.3, 0.4) is 0 Å². The second kappa shape index (κ2) is 5.18. The molecule has 1 amide bonds. The maximum atomic E-state index is 12.6. The lowest BCUT2D eigenvalue weighted by atomic mass is 10.1. The van der Waals surface area contributed by atoms with Gasteiger partial charge < -0.3 is 5.32 Å². The van der Waals surface area contributed by atoms with E-state index in [9.17, 15) is 9.18 Å². The molecule has 7 heteroatoms. The van der Waals surface area contributed by atoms with Gasteiger partial charge in [0, 0.05) is 0 Å². The number of pyridine rings is 1. The van der Waals surface area contributed by atoms with Gasteiger partial charge in [0.15, 0.2) is 0 Å². The van der Waals surface area contributed by atoms with Crippen molar-refractivity contribution in [1.29, 1.82) is 0 Å². The van der Waals surface area contributed by atoms with Crippen molar-refractivity contribution in [2.45, 2.75) is 19.8 Å². The van der Waals surface area contributed by atoms with Crippen LogP contribution in [0.25, 0.3) is 0 Å². The summed E-state index contributed by atoms with van der Waals surface area (Å²) in [5.74, 6) is -0.770. The number of nitrogens with one attached hydrogen (secondary N) is 1. The normalized spacial score (nSPS) is 10.7. The van der Waals surface area contributed by atoms with E-state index >= 15 is 0 Å². The minimum Gasteiger partial charge on any atom is -0.320 e. The predicted octanol–water partition coefficient (Wildman–Crippen LogP) is 2.45. The van der Waals surface area contributed by atoms with Gasteiger partial charge in [0.25, 0.3) is 5.91 Å². The minimum absolute atomic E-state index is 0.121. The molecule has 2 heterocycles. The molecule has 94 valence electrons. The number of nitrogens with zero attached hydrogens (tertiary/aromatic N) is 3. The van der Waals surface area contributed by atoms with E-state index in [1.807, 2.05) is 13.8 Å². The fourth-order valence-corrected chi connectivity index (χ4v) is 2.08. The van der Waals surface area contributed by atoms with E-state index in [4.69, 9.17) is 0 Å². The third kappa shape index (κ3) is 2.67. The summed E-state index contributed by atoms with van der Waals surface area (Å²) in [7, 11) is 0. The molecule has 0 saturated carbocycles. The Balaban J connectivity index is 2.17. The Kier molecular flexibility index (Phi) is 3.61. The zero-order chi connectivity index (χ0) is 13.1. The number of rotatable bonds is 3. The summed E-state index contributed by atoms with van der Waals surface area (Å²) >= 11 is 1.04. The highest BCUT2D eigenvalue weighted by molar-refractivity contribution is 7.08. The number of carbonyl (C=O) groups excluding carboxylic acids is 1. The van der Waals surface area contributed by atoms with Gasteiger partial charge in [0.2, 0.25) is 5.95 Å². The number of amides is 1. The molecule has 5 nitrogen and oxygen atoms in total. The van der Waals surface area contributed by atoms with Crippen LogP contribution in [0.2, 0.25) is 0 Å². The number of aromatic nitrogens is 3. The third-order valence-corrected chi connectivity index (χ3v) is 2.99. The molecule has 0 spiro atoms. The standard InChI is InChI=1S/C11H11FN4OS/c1-6(2)9-10(18-16-15-9)11(17)14-7-3-4-8(12)13-5-7/h3-6H,1-2H3,(H,14,17). The Morgan fingerprint density at radius 2 is 2.22 bits per heavy atom. The van der Waals surface area contributed by atoms with Crippen LogP contribution in [0.5, 0.6) is 0 Å². The van der Waals surface area contributed by atoms with E-state index in [1.54, 1.807) is 0 Å². The average molecular weight is 266 g/mol. The van der Waals surface area contributed by atoms with Crippen molar-refractivity contribution in [3.8, 4) is 0 Å². The van der Waals surface area contributed by atoms with Gasteiger partial charge in [-0.25, -0.2) is 4.98 Å². The van der Waals surface area contributed by atoms with Crippen molar-refractivity contribution >= 4 is 23.1 Å². The first-order valence-corrected chi connectivity index (χ1v) is 6.10. The van der Waals surface area contributed by atoms with Gasteiger partial charge in [-0.15, -0.1) is 5.10 Å². The van der Waals surface area contributed by atoms with Gasteiger partial charge in [-0.2, -0.15) is 4.39 Å². The molecule has 0 aliphatic carbocycles. The van der Waals surface area contributed by atoms with Crippen LogP contribution in [-0.2, 0) is 0 Å². The predicted molar refractivity (Wildman–Crippen MR) is 66.1 cm³/mol. The molecule has 0 radical (unpaired) electrons. The van der Waals surface area contributed by atoms with Crippen LogP contribution in [0, 0.1) is 5.95 Å². The van der Waals surface area contributed by atoms with Crippen molar-refractivity contribution in [3.05, 3.63) is 34.8 Å². The molecule has 0 aliphatic rings. The first kappa shape index (κ1) is 12.6. The molecule has 18 heavy (non-hydrogen) atoms. The van der Waals surface area contributed by atoms with Crippen LogP contribution in [-0.4, -0.2) is 20.5 Å². The molecular formula is C11H11FN4OS. The lowest BCUT2D eigenvalue weighted by Gasteiger charge is -2.05. The Bertz CT molecular complexity index is 552. The van der Waals surface area contributed by atoms with E-state index in [2.05, 4.69) is 19.9 Å². The topological polar surface area (TPSA) is 67.8 Å². The Labute approximate surface area is 107 Å². The zero-order valence-corrected chi connectivity index (χ0v) is 10.7. The third-order valence-electron chi connectivity index (χ3n) is 2.25. The smallest absolute Gasteiger partial charge is 0.269 e. The summed E-state index contributed by atoms with van der Waals surface area (Å²) in [4.78, 5) is 15.9. The molecule has 2 rings (SSSR count). The molecule has 2 aromatic heterocycles. The summed E-state index contributed by atoms with van der Waals surface area (Å²) < 4.78 is 16.4. The molecule has 0 aromatic carbocycles. The van der Waals surface area contributed by atoms with Crippen LogP contribution in [0.15, 0.2) is 18.3 Å². The highest BCUT2D eigenvalue weighted by Gasteiger charge is 2.18. The number of carbonyl (C=O) groups is 1. The van der Waals surface area contributed by atoms with E-state index in [-0.39, 0.29) is 11.8 Å². The second-order valence-electron chi connectivity index (χ2n) is 3.97. The van der Waals surface area contributed by atoms with Crippen molar-refractivity contribution in [3.63, 3.8) is 0 Å². The summed E-state index contributed by atoms with van der Waals surface area (Å²) in [5.41, 5.74) is 1.09. The van der Waals surface area contributed by atoms with Gasteiger partial charge in [0.1, 0.15) is 4.88 Å². The van der Waals surface area contributed by atoms with Gasteiger partial charge in [-0.05, 0) is 29.6 Å². The minimum atomic E-state index is -0.588. The number of hydrogen-bond donors (Lipinski definition) is 1. The fraction of sp³-hybridized carbons (Fsp3) is 0.273. The molecule has 0 atom stereocenters. The van der Waals surface area contributed by atoms with Gasteiger partial charge in [-0.3, -0.25) is 4.79 Å².